The number of aromatic nitrogens is 1. The Morgan fingerprint density at radius 1 is 0.634 bits per heavy atom. The molecule has 2 atom stereocenters. The Kier molecular flexibility index (Phi) is 4.96. The van der Waals surface area contributed by atoms with E-state index in [4.69, 9.17) is 0 Å². The fourth-order valence-electron chi connectivity index (χ4n) is 8.10. The molecular weight excluding hydrogens is 498 g/mol. The van der Waals surface area contributed by atoms with Gasteiger partial charge in [-0.2, -0.15) is 0 Å². The Bertz CT molecular complexity index is 1970. The summed E-state index contributed by atoms with van der Waals surface area (Å²) in [5.74, 6) is 0.680. The number of aryl methyl sites for hydroxylation is 1. The van der Waals surface area contributed by atoms with E-state index in [1.807, 2.05) is 0 Å². The lowest BCUT2D eigenvalue weighted by Crippen LogP contribution is -2.26. The van der Waals surface area contributed by atoms with Gasteiger partial charge in [-0.3, -0.25) is 0 Å². The van der Waals surface area contributed by atoms with Gasteiger partial charge in [0.1, 0.15) is 0 Å². The number of para-hydroxylation sites is 2. The Balaban J connectivity index is 1.12. The van der Waals surface area contributed by atoms with Crippen LogP contribution in [0.2, 0.25) is 0 Å². The summed E-state index contributed by atoms with van der Waals surface area (Å²) in [6, 6.07) is 41.5. The third kappa shape index (κ3) is 3.38. The molecule has 0 radical (unpaired) electrons. The first-order valence-electron chi connectivity index (χ1n) is 15.1. The van der Waals surface area contributed by atoms with E-state index < -0.39 is 0 Å². The van der Waals surface area contributed by atoms with Gasteiger partial charge in [-0.15, -0.1) is 0 Å². The van der Waals surface area contributed by atoms with E-state index in [0.29, 0.717) is 12.0 Å². The predicted molar refractivity (Wildman–Crippen MR) is 172 cm³/mol. The van der Waals surface area contributed by atoms with E-state index in [9.17, 15) is 0 Å². The van der Waals surface area contributed by atoms with E-state index >= 15 is 0 Å². The van der Waals surface area contributed by atoms with Gasteiger partial charge in [-0.1, -0.05) is 60.5 Å². The van der Waals surface area contributed by atoms with Gasteiger partial charge in [0, 0.05) is 57.7 Å². The molecule has 3 nitrogen and oxygen atoms in total. The van der Waals surface area contributed by atoms with Gasteiger partial charge >= 0.3 is 0 Å². The third-order valence-electron chi connectivity index (χ3n) is 9.87. The van der Waals surface area contributed by atoms with Crippen molar-refractivity contribution in [3.63, 3.8) is 0 Å². The van der Waals surface area contributed by atoms with Crippen LogP contribution in [0.3, 0.4) is 0 Å². The molecule has 0 bridgehead atoms. The molecule has 3 aliphatic rings. The van der Waals surface area contributed by atoms with Gasteiger partial charge in [0.15, 0.2) is 0 Å². The summed E-state index contributed by atoms with van der Waals surface area (Å²) in [5.41, 5.74) is 13.5. The van der Waals surface area contributed by atoms with Crippen LogP contribution in [0.25, 0.3) is 27.5 Å². The lowest BCUT2D eigenvalue weighted by Gasteiger charge is -2.28. The van der Waals surface area contributed by atoms with Crippen LogP contribution in [0.4, 0.5) is 22.7 Å². The summed E-state index contributed by atoms with van der Waals surface area (Å²) in [7, 11) is 0. The monoisotopic (exact) mass is 531 g/mol. The van der Waals surface area contributed by atoms with E-state index in [0.717, 1.165) is 13.0 Å². The summed E-state index contributed by atoms with van der Waals surface area (Å²) < 4.78 is 2.39. The molecule has 2 aliphatic heterocycles. The Morgan fingerprint density at radius 3 is 2.37 bits per heavy atom. The van der Waals surface area contributed by atoms with Crippen molar-refractivity contribution in [2.45, 2.75) is 44.6 Å². The maximum atomic E-state index is 2.67. The molecule has 0 N–H and O–H groups in total. The lowest BCUT2D eigenvalue weighted by molar-refractivity contribution is 0.641. The summed E-state index contributed by atoms with van der Waals surface area (Å²) in [6.45, 7) is 3.25. The maximum Gasteiger partial charge on any atom is 0.0542 e. The van der Waals surface area contributed by atoms with Crippen LogP contribution in [-0.2, 0) is 6.42 Å². The number of benzene rings is 5. The normalized spacial score (nSPS) is 19.2. The number of fused-ring (bicyclic) bond motifs is 7. The molecule has 1 fully saturated rings. The van der Waals surface area contributed by atoms with Crippen LogP contribution in [0, 0.1) is 6.92 Å². The van der Waals surface area contributed by atoms with E-state index in [2.05, 4.69) is 130 Å². The standard InChI is InChI=1S/C38H33N3/c1-25-14-17-37-32(22-25)31-11-7-13-36(31)41(37)29-16-18-34-26(23-29)20-21-39(34)28-15-19-38-33(24-28)30-10-5-6-12-35(30)40(38)27-8-3-2-4-9-27/h2-6,8-10,12,14-19,22-24,31,36H,7,11,13,20-21H2,1H3. The highest BCUT2D eigenvalue weighted by Gasteiger charge is 2.42. The van der Waals surface area contributed by atoms with Crippen LogP contribution < -0.4 is 9.80 Å². The quantitative estimate of drug-likeness (QED) is 0.225. The van der Waals surface area contributed by atoms with Crippen molar-refractivity contribution in [1.82, 2.24) is 4.57 Å². The number of anilines is 4. The maximum absolute atomic E-state index is 2.67. The minimum absolute atomic E-state index is 0.603. The Labute approximate surface area is 241 Å². The van der Waals surface area contributed by atoms with Gasteiger partial charge in [0.2, 0.25) is 0 Å². The predicted octanol–water partition coefficient (Wildman–Crippen LogP) is 9.57. The van der Waals surface area contributed by atoms with Crippen molar-refractivity contribution in [3.05, 3.63) is 126 Å². The second-order valence-corrected chi connectivity index (χ2v) is 12.1. The van der Waals surface area contributed by atoms with E-state index in [1.54, 1.807) is 5.56 Å². The van der Waals surface area contributed by atoms with Crippen molar-refractivity contribution in [2.24, 2.45) is 0 Å². The lowest BCUT2D eigenvalue weighted by atomic mass is 9.96. The van der Waals surface area contributed by atoms with Gasteiger partial charge in [-0.25, -0.2) is 0 Å². The highest BCUT2D eigenvalue weighted by atomic mass is 15.2. The zero-order valence-electron chi connectivity index (χ0n) is 23.4. The smallest absolute Gasteiger partial charge is 0.0542 e. The second kappa shape index (κ2) is 8.75. The van der Waals surface area contributed by atoms with Crippen molar-refractivity contribution in [3.8, 4) is 5.69 Å². The number of nitrogens with zero attached hydrogens (tertiary/aromatic N) is 3. The minimum Gasteiger partial charge on any atom is -0.341 e. The van der Waals surface area contributed by atoms with Crippen LogP contribution in [0.5, 0.6) is 0 Å². The van der Waals surface area contributed by atoms with Crippen molar-refractivity contribution < 1.29 is 0 Å². The summed E-state index contributed by atoms with van der Waals surface area (Å²) in [5, 5.41) is 2.61. The number of rotatable bonds is 3. The minimum atomic E-state index is 0.603. The van der Waals surface area contributed by atoms with Gasteiger partial charge in [-0.05, 0) is 98.0 Å². The van der Waals surface area contributed by atoms with Gasteiger partial charge in [0.25, 0.3) is 0 Å². The first kappa shape index (κ1) is 23.2. The molecule has 6 aromatic rings. The molecule has 9 rings (SSSR count). The number of hydrogen-bond acceptors (Lipinski definition) is 2. The third-order valence-corrected chi connectivity index (χ3v) is 9.87. The molecule has 1 aromatic heterocycles. The molecular formula is C38H33N3. The molecule has 0 amide bonds. The van der Waals surface area contributed by atoms with Crippen molar-refractivity contribution in [1.29, 1.82) is 0 Å². The van der Waals surface area contributed by atoms with E-state index in [-0.39, 0.29) is 0 Å². The first-order chi connectivity index (χ1) is 20.2. The molecule has 2 unspecified atom stereocenters. The zero-order valence-corrected chi connectivity index (χ0v) is 23.4. The van der Waals surface area contributed by atoms with Crippen LogP contribution >= 0.6 is 0 Å². The van der Waals surface area contributed by atoms with Crippen LogP contribution in [0.1, 0.15) is 41.9 Å². The van der Waals surface area contributed by atoms with Gasteiger partial charge in [0.05, 0.1) is 11.0 Å². The number of hydrogen-bond donors (Lipinski definition) is 0. The Hall–Kier alpha value is -4.50. The molecule has 1 aliphatic carbocycles. The molecule has 5 aromatic carbocycles. The van der Waals surface area contributed by atoms with Crippen LogP contribution in [0.15, 0.2) is 109 Å². The fraction of sp³-hybridized carbons (Fsp3) is 0.211. The van der Waals surface area contributed by atoms with Crippen molar-refractivity contribution >= 4 is 44.6 Å². The fourth-order valence-corrected chi connectivity index (χ4v) is 8.10. The molecule has 1 saturated carbocycles. The Morgan fingerprint density at radius 2 is 1.44 bits per heavy atom. The van der Waals surface area contributed by atoms with Crippen LogP contribution in [-0.4, -0.2) is 17.2 Å². The van der Waals surface area contributed by atoms with Crippen molar-refractivity contribution in [2.75, 3.05) is 16.3 Å². The molecule has 41 heavy (non-hydrogen) atoms. The van der Waals surface area contributed by atoms with Gasteiger partial charge < -0.3 is 14.4 Å². The molecule has 0 saturated heterocycles. The average molecular weight is 532 g/mol. The molecule has 3 heteroatoms. The van der Waals surface area contributed by atoms with E-state index in [1.165, 1.54) is 80.6 Å². The highest BCUT2D eigenvalue weighted by Crippen LogP contribution is 2.53. The molecule has 0 spiro atoms. The average Bonchev–Trinajstić information content (AvgIpc) is 3.78. The zero-order chi connectivity index (χ0) is 27.1. The largest absolute Gasteiger partial charge is 0.341 e. The molecule has 200 valence electrons. The second-order valence-electron chi connectivity index (χ2n) is 12.1. The summed E-state index contributed by atoms with van der Waals surface area (Å²) in [4.78, 5) is 5.19. The first-order valence-corrected chi connectivity index (χ1v) is 15.1. The summed E-state index contributed by atoms with van der Waals surface area (Å²) in [6.07, 6.45) is 5.02. The summed E-state index contributed by atoms with van der Waals surface area (Å²) >= 11 is 0. The SMILES string of the molecule is Cc1ccc2c(c1)C1CCCC1N2c1ccc2c(c1)CCN2c1ccc2c(c1)c1ccccc1n2-c1ccccc1. The highest BCUT2D eigenvalue weighted by molar-refractivity contribution is 6.10. The molecule has 3 heterocycles. The topological polar surface area (TPSA) is 11.4 Å².